The fraction of sp³-hybridized carbons (Fsp3) is 0.889. The van der Waals surface area contributed by atoms with Crippen LogP contribution in [0, 0.1) is 0 Å². The topological polar surface area (TPSA) is 20.3 Å². The Labute approximate surface area is 92.6 Å². The number of alkyl halides is 1. The minimum atomic E-state index is 0.221. The standard InChI is InChI=1S/C9H16BrNOS/c1-9(2)3-4-11(5-6-13-9)8(12)7-10/h3-7H2,1-2H3. The van der Waals surface area contributed by atoms with E-state index in [1.54, 1.807) is 0 Å². The van der Waals surface area contributed by atoms with E-state index in [0.29, 0.717) is 10.1 Å². The van der Waals surface area contributed by atoms with Gasteiger partial charge >= 0.3 is 0 Å². The molecule has 0 unspecified atom stereocenters. The zero-order valence-electron chi connectivity index (χ0n) is 8.18. The normalized spacial score (nSPS) is 22.5. The second kappa shape index (κ2) is 4.69. The molecule has 0 spiro atoms. The van der Waals surface area contributed by atoms with Gasteiger partial charge in [0.05, 0.1) is 5.33 Å². The molecule has 0 radical (unpaired) electrons. The average molecular weight is 266 g/mol. The summed E-state index contributed by atoms with van der Waals surface area (Å²) in [6, 6.07) is 0. The molecule has 1 amide bonds. The number of halogens is 1. The second-order valence-corrected chi connectivity index (χ2v) is 6.24. The van der Waals surface area contributed by atoms with Gasteiger partial charge in [0.25, 0.3) is 0 Å². The van der Waals surface area contributed by atoms with Gasteiger partial charge in [0.1, 0.15) is 0 Å². The maximum atomic E-state index is 11.4. The number of hydrogen-bond acceptors (Lipinski definition) is 2. The van der Waals surface area contributed by atoms with E-state index in [-0.39, 0.29) is 5.91 Å². The Hall–Kier alpha value is 0.300. The molecular weight excluding hydrogens is 250 g/mol. The van der Waals surface area contributed by atoms with Gasteiger partial charge < -0.3 is 4.90 Å². The van der Waals surface area contributed by atoms with Crippen LogP contribution in [-0.2, 0) is 4.79 Å². The van der Waals surface area contributed by atoms with Crippen molar-refractivity contribution in [1.82, 2.24) is 4.90 Å². The molecule has 0 bridgehead atoms. The molecule has 0 aliphatic carbocycles. The smallest absolute Gasteiger partial charge is 0.233 e. The Morgan fingerprint density at radius 2 is 2.23 bits per heavy atom. The molecule has 1 heterocycles. The van der Waals surface area contributed by atoms with Crippen molar-refractivity contribution in [2.24, 2.45) is 0 Å². The van der Waals surface area contributed by atoms with Crippen molar-refractivity contribution in [3.63, 3.8) is 0 Å². The van der Waals surface area contributed by atoms with Crippen LogP contribution in [0.1, 0.15) is 20.3 Å². The molecule has 13 heavy (non-hydrogen) atoms. The molecule has 0 atom stereocenters. The minimum Gasteiger partial charge on any atom is -0.341 e. The van der Waals surface area contributed by atoms with Crippen molar-refractivity contribution < 1.29 is 4.79 Å². The molecule has 76 valence electrons. The van der Waals surface area contributed by atoms with Crippen LogP contribution in [0.5, 0.6) is 0 Å². The van der Waals surface area contributed by atoms with Gasteiger partial charge in [-0.1, -0.05) is 29.8 Å². The van der Waals surface area contributed by atoms with Crippen LogP contribution in [0.2, 0.25) is 0 Å². The summed E-state index contributed by atoms with van der Waals surface area (Å²) < 4.78 is 0.335. The molecule has 0 saturated carbocycles. The van der Waals surface area contributed by atoms with Crippen LogP contribution in [0.25, 0.3) is 0 Å². The van der Waals surface area contributed by atoms with Crippen LogP contribution in [0.3, 0.4) is 0 Å². The van der Waals surface area contributed by atoms with E-state index in [2.05, 4.69) is 29.8 Å². The molecule has 1 saturated heterocycles. The van der Waals surface area contributed by atoms with Gasteiger partial charge in [0.15, 0.2) is 0 Å². The summed E-state index contributed by atoms with van der Waals surface area (Å²) in [6.07, 6.45) is 1.09. The average Bonchev–Trinajstić information content (AvgIpc) is 2.25. The highest BCUT2D eigenvalue weighted by Crippen LogP contribution is 2.30. The van der Waals surface area contributed by atoms with Crippen LogP contribution < -0.4 is 0 Å². The maximum absolute atomic E-state index is 11.4. The fourth-order valence-corrected chi connectivity index (χ4v) is 2.81. The summed E-state index contributed by atoms with van der Waals surface area (Å²) in [4.78, 5) is 13.4. The summed E-state index contributed by atoms with van der Waals surface area (Å²) in [5.74, 6) is 1.28. The number of hydrogen-bond donors (Lipinski definition) is 0. The van der Waals surface area contributed by atoms with Crippen molar-refractivity contribution in [2.75, 3.05) is 24.2 Å². The molecule has 0 N–H and O–H groups in total. The highest BCUT2D eigenvalue weighted by Gasteiger charge is 2.25. The van der Waals surface area contributed by atoms with Gasteiger partial charge in [0, 0.05) is 23.6 Å². The van der Waals surface area contributed by atoms with Crippen LogP contribution in [0.15, 0.2) is 0 Å². The van der Waals surface area contributed by atoms with E-state index in [4.69, 9.17) is 0 Å². The second-order valence-electron chi connectivity index (χ2n) is 3.87. The predicted molar refractivity (Wildman–Crippen MR) is 61.5 cm³/mol. The molecular formula is C9H16BrNOS. The number of thioether (sulfide) groups is 1. The molecule has 4 heteroatoms. The highest BCUT2D eigenvalue weighted by molar-refractivity contribution is 9.09. The van der Waals surface area contributed by atoms with Gasteiger partial charge in [-0.2, -0.15) is 11.8 Å². The van der Waals surface area contributed by atoms with Crippen LogP contribution in [0.4, 0.5) is 0 Å². The molecule has 1 aliphatic rings. The van der Waals surface area contributed by atoms with Gasteiger partial charge in [-0.05, 0) is 6.42 Å². The molecule has 1 rings (SSSR count). The van der Waals surface area contributed by atoms with Gasteiger partial charge in [-0.25, -0.2) is 0 Å². The molecule has 1 fully saturated rings. The van der Waals surface area contributed by atoms with Crippen LogP contribution in [-0.4, -0.2) is 39.7 Å². The fourth-order valence-electron chi connectivity index (χ4n) is 1.35. The first-order chi connectivity index (χ1) is 6.05. The van der Waals surface area contributed by atoms with Crippen LogP contribution >= 0.6 is 27.7 Å². The summed E-state index contributed by atoms with van der Waals surface area (Å²) in [6.45, 7) is 6.31. The van der Waals surface area contributed by atoms with E-state index in [9.17, 15) is 4.79 Å². The largest absolute Gasteiger partial charge is 0.341 e. The monoisotopic (exact) mass is 265 g/mol. The van der Waals surface area contributed by atoms with E-state index < -0.39 is 0 Å². The summed E-state index contributed by atoms with van der Waals surface area (Å²) >= 11 is 5.17. The summed E-state index contributed by atoms with van der Waals surface area (Å²) in [7, 11) is 0. The summed E-state index contributed by atoms with van der Waals surface area (Å²) in [5.41, 5.74) is 0. The number of nitrogens with zero attached hydrogens (tertiary/aromatic N) is 1. The Kier molecular flexibility index (Phi) is 4.10. The first-order valence-corrected chi connectivity index (χ1v) is 6.63. The maximum Gasteiger partial charge on any atom is 0.233 e. The number of amides is 1. The highest BCUT2D eigenvalue weighted by atomic mass is 79.9. The zero-order chi connectivity index (χ0) is 9.90. The Balaban J connectivity index is 2.49. The van der Waals surface area contributed by atoms with E-state index in [0.717, 1.165) is 25.3 Å². The third-order valence-corrected chi connectivity index (χ3v) is 4.16. The first kappa shape index (κ1) is 11.4. The van der Waals surface area contributed by atoms with Crippen molar-refractivity contribution in [3.05, 3.63) is 0 Å². The first-order valence-electron chi connectivity index (χ1n) is 4.53. The lowest BCUT2D eigenvalue weighted by Gasteiger charge is -2.22. The third kappa shape index (κ3) is 3.50. The SMILES string of the molecule is CC1(C)CCN(C(=O)CBr)CCS1. The lowest BCUT2D eigenvalue weighted by Crippen LogP contribution is -2.34. The van der Waals surface area contributed by atoms with Crippen molar-refractivity contribution >= 4 is 33.6 Å². The van der Waals surface area contributed by atoms with Gasteiger partial charge in [-0.3, -0.25) is 4.79 Å². The molecule has 1 aliphatic heterocycles. The third-order valence-electron chi connectivity index (χ3n) is 2.30. The predicted octanol–water partition coefficient (Wildman–Crippen LogP) is 2.13. The van der Waals surface area contributed by atoms with Crippen molar-refractivity contribution in [1.29, 1.82) is 0 Å². The minimum absolute atomic E-state index is 0.221. The quantitative estimate of drug-likeness (QED) is 0.678. The lowest BCUT2D eigenvalue weighted by atomic mass is 10.1. The van der Waals surface area contributed by atoms with E-state index in [1.807, 2.05) is 16.7 Å². The van der Waals surface area contributed by atoms with Crippen molar-refractivity contribution in [2.45, 2.75) is 25.0 Å². The molecule has 0 aromatic heterocycles. The van der Waals surface area contributed by atoms with Crippen molar-refractivity contribution in [3.8, 4) is 0 Å². The molecule has 0 aromatic rings. The van der Waals surface area contributed by atoms with Gasteiger partial charge in [-0.15, -0.1) is 0 Å². The Morgan fingerprint density at radius 1 is 1.54 bits per heavy atom. The zero-order valence-corrected chi connectivity index (χ0v) is 10.6. The summed E-state index contributed by atoms with van der Waals surface area (Å²) in [5, 5.41) is 0.456. The molecule has 0 aromatic carbocycles. The Morgan fingerprint density at radius 3 is 2.85 bits per heavy atom. The Bertz CT molecular complexity index is 196. The number of carbonyl (C=O) groups excluding carboxylic acids is 1. The lowest BCUT2D eigenvalue weighted by molar-refractivity contribution is -0.128. The van der Waals surface area contributed by atoms with E-state index >= 15 is 0 Å². The molecule has 2 nitrogen and oxygen atoms in total. The van der Waals surface area contributed by atoms with Gasteiger partial charge in [0.2, 0.25) is 5.91 Å². The van der Waals surface area contributed by atoms with E-state index in [1.165, 1.54) is 0 Å². The number of rotatable bonds is 1. The number of carbonyl (C=O) groups is 1.